The van der Waals surface area contributed by atoms with Gasteiger partial charge in [0, 0.05) is 18.5 Å². The average molecular weight is 387 g/mol. The Hall–Kier alpha value is -2.22. The number of halogens is 1. The maximum atomic E-state index is 13.6. The van der Waals surface area contributed by atoms with E-state index in [2.05, 4.69) is 27.4 Å². The van der Waals surface area contributed by atoms with Crippen LogP contribution < -0.4 is 5.32 Å². The minimum Gasteiger partial charge on any atom is -0.352 e. The lowest BCUT2D eigenvalue weighted by atomic mass is 9.86. The second-order valence-corrected chi connectivity index (χ2v) is 8.15. The number of hydrogen-bond donors (Lipinski definition) is 1. The van der Waals surface area contributed by atoms with Crippen molar-refractivity contribution >= 4 is 39.7 Å². The van der Waals surface area contributed by atoms with Crippen LogP contribution in [-0.2, 0) is 11.8 Å². The largest absolute Gasteiger partial charge is 0.352 e. The van der Waals surface area contributed by atoms with Gasteiger partial charge in [-0.2, -0.15) is 0 Å². The number of aryl methyl sites for hydroxylation is 1. The van der Waals surface area contributed by atoms with Crippen molar-refractivity contribution in [1.82, 2.24) is 25.1 Å². The van der Waals surface area contributed by atoms with Crippen molar-refractivity contribution in [2.75, 3.05) is 5.75 Å². The second-order valence-electron chi connectivity index (χ2n) is 7.21. The van der Waals surface area contributed by atoms with Crippen LogP contribution in [0.25, 0.3) is 22.1 Å². The Bertz CT molecular complexity index is 1000. The van der Waals surface area contributed by atoms with E-state index >= 15 is 0 Å². The molecule has 1 fully saturated rings. The van der Waals surface area contributed by atoms with E-state index in [0.717, 1.165) is 11.9 Å². The predicted molar refractivity (Wildman–Crippen MR) is 104 cm³/mol. The molecular formula is C19H22FN5OS. The summed E-state index contributed by atoms with van der Waals surface area (Å²) in [5.74, 6) is 0.471. The fraction of sp³-hybridized carbons (Fsp3) is 0.474. The highest BCUT2D eigenvalue weighted by molar-refractivity contribution is 7.99. The number of benzene rings is 1. The Morgan fingerprint density at radius 3 is 2.96 bits per heavy atom. The van der Waals surface area contributed by atoms with Crippen molar-refractivity contribution in [3.63, 3.8) is 0 Å². The molecule has 4 rings (SSSR count). The van der Waals surface area contributed by atoms with E-state index in [1.807, 2.05) is 11.6 Å². The molecule has 27 heavy (non-hydrogen) atoms. The van der Waals surface area contributed by atoms with Crippen LogP contribution in [0.3, 0.4) is 0 Å². The van der Waals surface area contributed by atoms with Crippen molar-refractivity contribution in [1.29, 1.82) is 0 Å². The molecule has 142 valence electrons. The number of hydrogen-bond acceptors (Lipinski definition) is 5. The minimum absolute atomic E-state index is 0.00144. The fourth-order valence-corrected chi connectivity index (χ4v) is 4.38. The van der Waals surface area contributed by atoms with Gasteiger partial charge in [-0.15, -0.1) is 10.2 Å². The molecular weight excluding hydrogens is 365 g/mol. The Morgan fingerprint density at radius 1 is 1.33 bits per heavy atom. The number of carbonyl (C=O) groups is 1. The smallest absolute Gasteiger partial charge is 0.230 e. The molecule has 0 radical (unpaired) electrons. The van der Waals surface area contributed by atoms with Crippen LogP contribution in [0.2, 0.25) is 0 Å². The number of rotatable bonds is 4. The SMILES string of the molecule is C[C@H]1CCCC[C@H]1NC(=O)CSc1nnc2c3cc(F)ccc3n(C)c2n1. The molecule has 2 aromatic heterocycles. The average Bonchev–Trinajstić information content (AvgIpc) is 2.93. The van der Waals surface area contributed by atoms with Gasteiger partial charge in [0.1, 0.15) is 11.3 Å². The van der Waals surface area contributed by atoms with Gasteiger partial charge in [0.15, 0.2) is 5.65 Å². The van der Waals surface area contributed by atoms with Crippen LogP contribution in [-0.4, -0.2) is 37.5 Å². The monoisotopic (exact) mass is 387 g/mol. The van der Waals surface area contributed by atoms with Crippen LogP contribution in [0, 0.1) is 11.7 Å². The van der Waals surface area contributed by atoms with Gasteiger partial charge in [-0.25, -0.2) is 9.37 Å². The van der Waals surface area contributed by atoms with Gasteiger partial charge in [0.2, 0.25) is 11.1 Å². The number of nitrogens with zero attached hydrogens (tertiary/aromatic N) is 4. The van der Waals surface area contributed by atoms with E-state index in [1.165, 1.54) is 43.2 Å². The molecule has 0 saturated heterocycles. The summed E-state index contributed by atoms with van der Waals surface area (Å²) in [4.78, 5) is 16.8. The second kappa shape index (κ2) is 7.42. The van der Waals surface area contributed by atoms with Crippen LogP contribution >= 0.6 is 11.8 Å². The molecule has 1 N–H and O–H groups in total. The van der Waals surface area contributed by atoms with E-state index in [1.54, 1.807) is 6.07 Å². The molecule has 0 spiro atoms. The van der Waals surface area contributed by atoms with E-state index < -0.39 is 0 Å². The van der Waals surface area contributed by atoms with Crippen molar-refractivity contribution in [2.45, 2.75) is 43.8 Å². The van der Waals surface area contributed by atoms with Gasteiger partial charge in [-0.05, 0) is 37.0 Å². The normalized spacial score (nSPS) is 20.3. The van der Waals surface area contributed by atoms with E-state index in [-0.39, 0.29) is 23.5 Å². The van der Waals surface area contributed by atoms with Crippen molar-refractivity contribution in [3.8, 4) is 0 Å². The molecule has 6 nitrogen and oxygen atoms in total. The quantitative estimate of drug-likeness (QED) is 0.694. The molecule has 0 unspecified atom stereocenters. The molecule has 1 amide bonds. The van der Waals surface area contributed by atoms with Gasteiger partial charge in [0.25, 0.3) is 0 Å². The highest BCUT2D eigenvalue weighted by Gasteiger charge is 2.23. The van der Waals surface area contributed by atoms with Gasteiger partial charge >= 0.3 is 0 Å². The lowest BCUT2D eigenvalue weighted by molar-refractivity contribution is -0.119. The molecule has 0 aliphatic heterocycles. The van der Waals surface area contributed by atoms with Crippen molar-refractivity contribution in [3.05, 3.63) is 24.0 Å². The molecule has 1 aliphatic rings. The van der Waals surface area contributed by atoms with Gasteiger partial charge in [0.05, 0.1) is 11.3 Å². The number of thioether (sulfide) groups is 1. The first-order chi connectivity index (χ1) is 13.0. The van der Waals surface area contributed by atoms with Crippen LogP contribution in [0.4, 0.5) is 4.39 Å². The van der Waals surface area contributed by atoms with Gasteiger partial charge < -0.3 is 9.88 Å². The number of amides is 1. The maximum Gasteiger partial charge on any atom is 0.230 e. The third kappa shape index (κ3) is 3.63. The maximum absolute atomic E-state index is 13.6. The molecule has 2 heterocycles. The summed E-state index contributed by atoms with van der Waals surface area (Å²) in [6.07, 6.45) is 4.64. The first kappa shape index (κ1) is 18.2. The summed E-state index contributed by atoms with van der Waals surface area (Å²) >= 11 is 1.27. The van der Waals surface area contributed by atoms with E-state index in [4.69, 9.17) is 0 Å². The summed E-state index contributed by atoms with van der Waals surface area (Å²) in [6.45, 7) is 2.20. The minimum atomic E-state index is -0.316. The Morgan fingerprint density at radius 2 is 2.15 bits per heavy atom. The first-order valence-electron chi connectivity index (χ1n) is 9.23. The Kier molecular flexibility index (Phi) is 4.99. The molecule has 3 aromatic rings. The summed E-state index contributed by atoms with van der Waals surface area (Å²) in [7, 11) is 1.86. The summed E-state index contributed by atoms with van der Waals surface area (Å²) in [5, 5.41) is 12.6. The summed E-state index contributed by atoms with van der Waals surface area (Å²) in [6, 6.07) is 4.83. The summed E-state index contributed by atoms with van der Waals surface area (Å²) in [5.41, 5.74) is 2.05. The number of fused-ring (bicyclic) bond motifs is 3. The standard InChI is InChI=1S/C19H22FN5OS/c1-11-5-3-4-6-14(11)21-16(26)10-27-19-22-18-17(23-24-19)13-9-12(20)7-8-15(13)25(18)2/h7-9,11,14H,3-6,10H2,1-2H3,(H,21,26)/t11-,14+/m0/s1. The van der Waals surface area contributed by atoms with Gasteiger partial charge in [-0.3, -0.25) is 4.79 Å². The lowest BCUT2D eigenvalue weighted by Crippen LogP contribution is -2.41. The van der Waals surface area contributed by atoms with E-state index in [9.17, 15) is 9.18 Å². The van der Waals surface area contributed by atoms with Gasteiger partial charge in [-0.1, -0.05) is 31.5 Å². The van der Waals surface area contributed by atoms with E-state index in [0.29, 0.717) is 27.6 Å². The molecule has 0 bridgehead atoms. The highest BCUT2D eigenvalue weighted by Crippen LogP contribution is 2.27. The lowest BCUT2D eigenvalue weighted by Gasteiger charge is -2.29. The number of aromatic nitrogens is 4. The van der Waals surface area contributed by atoms with Crippen LogP contribution in [0.1, 0.15) is 32.6 Å². The zero-order valence-electron chi connectivity index (χ0n) is 15.4. The summed E-state index contributed by atoms with van der Waals surface area (Å²) < 4.78 is 15.4. The first-order valence-corrected chi connectivity index (χ1v) is 10.2. The Balaban J connectivity index is 1.48. The fourth-order valence-electron chi connectivity index (χ4n) is 3.79. The molecule has 1 aliphatic carbocycles. The molecule has 2 atom stereocenters. The third-order valence-electron chi connectivity index (χ3n) is 5.33. The molecule has 8 heteroatoms. The highest BCUT2D eigenvalue weighted by atomic mass is 32.2. The number of carbonyl (C=O) groups excluding carboxylic acids is 1. The van der Waals surface area contributed by atoms with Crippen molar-refractivity contribution < 1.29 is 9.18 Å². The van der Waals surface area contributed by atoms with Crippen LogP contribution in [0.5, 0.6) is 0 Å². The Labute approximate surface area is 160 Å². The number of nitrogens with one attached hydrogen (secondary N) is 1. The predicted octanol–water partition coefficient (Wildman–Crippen LogP) is 3.44. The molecule has 1 saturated carbocycles. The topological polar surface area (TPSA) is 72.7 Å². The molecule has 1 aromatic carbocycles. The zero-order valence-corrected chi connectivity index (χ0v) is 16.2. The van der Waals surface area contributed by atoms with Crippen LogP contribution in [0.15, 0.2) is 23.4 Å². The third-order valence-corrected chi connectivity index (χ3v) is 6.17. The van der Waals surface area contributed by atoms with Crippen molar-refractivity contribution in [2.24, 2.45) is 13.0 Å². The zero-order chi connectivity index (χ0) is 19.0.